The molecule has 1 fully saturated rings. The molecule has 1 unspecified atom stereocenters. The van der Waals surface area contributed by atoms with Crippen LogP contribution in [0.2, 0.25) is 0 Å². The van der Waals surface area contributed by atoms with Gasteiger partial charge < -0.3 is 9.63 Å². The smallest absolute Gasteiger partial charge is 0.425 e. The molecule has 1 aliphatic heterocycles. The largest absolute Gasteiger partial charge is 0.630 e. The van der Waals surface area contributed by atoms with Gasteiger partial charge in [-0.25, -0.2) is 0 Å². The van der Waals surface area contributed by atoms with Crippen molar-refractivity contribution in [3.63, 3.8) is 0 Å². The van der Waals surface area contributed by atoms with E-state index in [0.29, 0.717) is 24.7 Å². The van der Waals surface area contributed by atoms with Gasteiger partial charge in [0.2, 0.25) is 0 Å². The van der Waals surface area contributed by atoms with Gasteiger partial charge in [-0.3, -0.25) is 9.05 Å². The lowest BCUT2D eigenvalue weighted by Gasteiger charge is -2.32. The molecule has 0 aliphatic carbocycles. The first-order chi connectivity index (χ1) is 14.7. The molecule has 31 heavy (non-hydrogen) atoms. The molecule has 0 aromatic heterocycles. The molecule has 1 atom stereocenters. The lowest BCUT2D eigenvalue weighted by atomic mass is 9.97. The van der Waals surface area contributed by atoms with Crippen LogP contribution in [-0.4, -0.2) is 31.5 Å². The zero-order chi connectivity index (χ0) is 22.4. The Morgan fingerprint density at radius 2 is 1.52 bits per heavy atom. The number of aliphatic hydroxyl groups excluding tert-OH is 1. The van der Waals surface area contributed by atoms with Gasteiger partial charge in [0.05, 0.1) is 13.2 Å². The van der Waals surface area contributed by atoms with Crippen LogP contribution in [0, 0.1) is 10.8 Å². The van der Waals surface area contributed by atoms with Gasteiger partial charge in [0.15, 0.2) is 5.75 Å². The van der Waals surface area contributed by atoms with Crippen LogP contribution in [0.15, 0.2) is 60.7 Å². The topological polar surface area (TPSA) is 75.6 Å². The van der Waals surface area contributed by atoms with Gasteiger partial charge in [-0.1, -0.05) is 64.1 Å². The maximum atomic E-state index is 9.60. The predicted octanol–water partition coefficient (Wildman–Crippen LogP) is 6.17. The summed E-state index contributed by atoms with van der Waals surface area (Å²) in [4.78, 5) is 0. The van der Waals surface area contributed by atoms with Crippen molar-refractivity contribution < 1.29 is 32.0 Å². The van der Waals surface area contributed by atoms with Gasteiger partial charge in [-0.2, -0.15) is 0 Å². The Morgan fingerprint density at radius 1 is 0.968 bits per heavy atom. The van der Waals surface area contributed by atoms with E-state index in [4.69, 9.17) is 26.9 Å². The van der Waals surface area contributed by atoms with E-state index in [9.17, 15) is 5.11 Å². The summed E-state index contributed by atoms with van der Waals surface area (Å²) in [5.74, 6) is 1.16. The van der Waals surface area contributed by atoms with Crippen molar-refractivity contribution in [3.05, 3.63) is 60.7 Å². The molecule has 0 spiro atoms. The quantitative estimate of drug-likeness (QED) is 0.417. The van der Waals surface area contributed by atoms with Crippen molar-refractivity contribution in [2.45, 2.75) is 27.7 Å². The predicted molar refractivity (Wildman–Crippen MR) is 122 cm³/mol. The molecular weight excluding hydrogens is 438 g/mol. The second-order valence-electron chi connectivity index (χ2n) is 8.87. The van der Waals surface area contributed by atoms with Crippen molar-refractivity contribution in [2.75, 3.05) is 26.4 Å². The fraction of sp³-hybridized carbons (Fsp3) is 0.455. The first-order valence-electron chi connectivity index (χ1n) is 10.1. The van der Waals surface area contributed by atoms with E-state index in [2.05, 4.69) is 0 Å². The molecule has 9 heteroatoms. The van der Waals surface area contributed by atoms with Crippen molar-refractivity contribution >= 4 is 16.8 Å². The number of hydrogen-bond acceptors (Lipinski definition) is 7. The molecule has 3 rings (SSSR count). The average molecular weight is 469 g/mol. The Kier molecular flexibility index (Phi) is 8.28. The molecule has 7 nitrogen and oxygen atoms in total. The van der Waals surface area contributed by atoms with E-state index in [1.54, 1.807) is 0 Å². The van der Waals surface area contributed by atoms with Gasteiger partial charge >= 0.3 is 16.8 Å². The normalized spacial score (nSPS) is 18.9. The van der Waals surface area contributed by atoms with E-state index >= 15 is 0 Å². The Bertz CT molecular complexity index is 792. The van der Waals surface area contributed by atoms with Crippen LogP contribution < -0.4 is 9.05 Å². The van der Waals surface area contributed by atoms with E-state index in [1.165, 1.54) is 0 Å². The van der Waals surface area contributed by atoms with Crippen LogP contribution in [0.4, 0.5) is 0 Å². The third-order valence-corrected chi connectivity index (χ3v) is 7.62. The van der Waals surface area contributed by atoms with Crippen LogP contribution in [0.5, 0.6) is 11.5 Å². The lowest BCUT2D eigenvalue weighted by molar-refractivity contribution is -0.000905. The minimum Gasteiger partial charge on any atom is -0.425 e. The summed E-state index contributed by atoms with van der Waals surface area (Å²) in [5.41, 5.74) is -0.637. The molecule has 1 aliphatic rings. The van der Waals surface area contributed by atoms with Gasteiger partial charge in [0, 0.05) is 10.8 Å². The van der Waals surface area contributed by atoms with Crippen molar-refractivity contribution in [1.29, 1.82) is 0 Å². The Morgan fingerprint density at radius 3 is 2.06 bits per heavy atom. The highest BCUT2D eigenvalue weighted by atomic mass is 31.3. The summed E-state index contributed by atoms with van der Waals surface area (Å²) in [7, 11) is -5.20. The fourth-order valence-corrected chi connectivity index (χ4v) is 6.16. The number of hydrogen-bond donors (Lipinski definition) is 1. The molecule has 0 amide bonds. The Hall–Kier alpha value is -1.30. The summed E-state index contributed by atoms with van der Waals surface area (Å²) in [6.45, 7) is 8.88. The van der Waals surface area contributed by atoms with Gasteiger partial charge in [-0.05, 0) is 28.6 Å². The first kappa shape index (κ1) is 24.3. The Labute approximate surface area is 186 Å². The van der Waals surface area contributed by atoms with Crippen LogP contribution in [0.25, 0.3) is 0 Å². The van der Waals surface area contributed by atoms with Crippen molar-refractivity contribution in [3.8, 4) is 11.5 Å². The fourth-order valence-electron chi connectivity index (χ4n) is 2.30. The molecule has 170 valence electrons. The first-order valence-corrected chi connectivity index (χ1v) is 12.7. The SMILES string of the molecule is CC(C)(CO)COP(Oc1ccccc1)O[P+]1(Oc2ccccc2)OCC(C)(C)CO1. The van der Waals surface area contributed by atoms with E-state index in [-0.39, 0.29) is 18.6 Å². The van der Waals surface area contributed by atoms with Crippen LogP contribution in [0.3, 0.4) is 0 Å². The van der Waals surface area contributed by atoms with Gasteiger partial charge in [-0.15, -0.1) is 9.05 Å². The van der Waals surface area contributed by atoms with Crippen LogP contribution in [0.1, 0.15) is 27.7 Å². The highest BCUT2D eigenvalue weighted by Crippen LogP contribution is 2.72. The average Bonchev–Trinajstić information content (AvgIpc) is 2.76. The van der Waals surface area contributed by atoms with E-state index in [0.717, 1.165) is 0 Å². The molecule has 1 saturated heterocycles. The van der Waals surface area contributed by atoms with Crippen LogP contribution in [-0.2, 0) is 17.9 Å². The molecule has 2 aromatic rings. The lowest BCUT2D eigenvalue weighted by Crippen LogP contribution is -2.33. The third-order valence-electron chi connectivity index (χ3n) is 4.27. The summed E-state index contributed by atoms with van der Waals surface area (Å²) >= 11 is 0. The number of rotatable bonds is 10. The van der Waals surface area contributed by atoms with Crippen LogP contribution >= 0.6 is 16.8 Å². The summed E-state index contributed by atoms with van der Waals surface area (Å²) < 4.78 is 36.4. The van der Waals surface area contributed by atoms with Gasteiger partial charge in [0.1, 0.15) is 19.0 Å². The second kappa shape index (κ2) is 10.5. The number of aliphatic hydroxyl groups is 1. The van der Waals surface area contributed by atoms with Crippen molar-refractivity contribution in [1.82, 2.24) is 0 Å². The van der Waals surface area contributed by atoms with E-state index in [1.807, 2.05) is 88.4 Å². The summed E-state index contributed by atoms with van der Waals surface area (Å²) in [6.07, 6.45) is 0. The zero-order valence-corrected chi connectivity index (χ0v) is 20.2. The molecular formula is C22H31O7P2+. The highest BCUT2D eigenvalue weighted by Gasteiger charge is 2.60. The van der Waals surface area contributed by atoms with E-state index < -0.39 is 22.2 Å². The second-order valence-corrected chi connectivity index (χ2v) is 12.0. The Balaban J connectivity index is 1.81. The van der Waals surface area contributed by atoms with Crippen molar-refractivity contribution in [2.24, 2.45) is 10.8 Å². The molecule has 1 N–H and O–H groups in total. The number of benzene rings is 2. The highest BCUT2D eigenvalue weighted by molar-refractivity contribution is 7.65. The van der Waals surface area contributed by atoms with Gasteiger partial charge in [0.25, 0.3) is 0 Å². The maximum absolute atomic E-state index is 9.60. The molecule has 0 radical (unpaired) electrons. The molecule has 0 saturated carbocycles. The molecule has 0 bridgehead atoms. The summed E-state index contributed by atoms with van der Waals surface area (Å²) in [6, 6.07) is 18.5. The minimum absolute atomic E-state index is 0.0382. The summed E-state index contributed by atoms with van der Waals surface area (Å²) in [5, 5.41) is 9.60. The monoisotopic (exact) mass is 469 g/mol. The molecule has 1 heterocycles. The third kappa shape index (κ3) is 7.65. The molecule has 2 aromatic carbocycles. The maximum Gasteiger partial charge on any atom is 0.630 e. The zero-order valence-electron chi connectivity index (χ0n) is 18.4. The minimum atomic E-state index is -3.26. The standard InChI is InChI=1S/C22H31O7P2/c1-21(2,15-23)16-24-30(27-19-11-7-5-8-12-19)29-31(25-17-22(3,4)18-26-31)28-20-13-9-6-10-14-20/h5-14,23H,15-18H2,1-4H3/q+1. The number of para-hydroxylation sites is 2.